The van der Waals surface area contributed by atoms with Crippen LogP contribution in [0.4, 0.5) is 11.4 Å². The predicted molar refractivity (Wildman–Crippen MR) is 113 cm³/mol. The van der Waals surface area contributed by atoms with Crippen LogP contribution < -0.4 is 10.6 Å². The number of nitriles is 1. The molecule has 0 saturated carbocycles. The second-order valence-corrected chi connectivity index (χ2v) is 7.14. The van der Waals surface area contributed by atoms with Crippen LogP contribution in [0.5, 0.6) is 0 Å². The van der Waals surface area contributed by atoms with Crippen LogP contribution in [0.25, 0.3) is 0 Å². The first-order chi connectivity index (χ1) is 14.0. The van der Waals surface area contributed by atoms with Gasteiger partial charge in [-0.1, -0.05) is 30.3 Å². The lowest BCUT2D eigenvalue weighted by Gasteiger charge is -2.29. The highest BCUT2D eigenvalue weighted by molar-refractivity contribution is 8.02. The molecule has 3 rings (SSSR count). The Balaban J connectivity index is 2.12. The Bertz CT molecular complexity index is 1070. The Kier molecular flexibility index (Phi) is 6.00. The monoisotopic (exact) mass is 406 g/mol. The Labute approximate surface area is 172 Å². The predicted octanol–water partition coefficient (Wildman–Crippen LogP) is 4.29. The number of hydrogen-bond donors (Lipinski definition) is 2. The molecule has 0 radical (unpaired) electrons. The zero-order valence-corrected chi connectivity index (χ0v) is 16.6. The van der Waals surface area contributed by atoms with E-state index in [-0.39, 0.29) is 11.6 Å². The Morgan fingerprint density at radius 2 is 1.97 bits per heavy atom. The number of nitro groups is 1. The molecule has 1 amide bonds. The number of dihydropyridines is 1. The molecule has 7 nitrogen and oxygen atoms in total. The summed E-state index contributed by atoms with van der Waals surface area (Å²) >= 11 is 1.36. The molecule has 1 heterocycles. The van der Waals surface area contributed by atoms with Crippen LogP contribution in [-0.4, -0.2) is 17.1 Å². The fourth-order valence-electron chi connectivity index (χ4n) is 3.25. The number of carbonyl (C=O) groups excluding carboxylic acids is 1. The number of amides is 1. The quantitative estimate of drug-likeness (QED) is 0.566. The van der Waals surface area contributed by atoms with Gasteiger partial charge in [0.25, 0.3) is 11.6 Å². The van der Waals surface area contributed by atoms with Crippen LogP contribution in [0.3, 0.4) is 0 Å². The first-order valence-corrected chi connectivity index (χ1v) is 9.95. The van der Waals surface area contributed by atoms with Crippen molar-refractivity contribution in [3.05, 3.63) is 92.1 Å². The number of nitrogens with one attached hydrogen (secondary N) is 2. The SMILES string of the molecule is CSC1=C(C#N)[C@H](c2cccc([N+](=O)[O-])c2)C(C(=O)Nc2ccccc2)=C(C)N1. The third-order valence-electron chi connectivity index (χ3n) is 4.54. The number of para-hydroxylation sites is 1. The van der Waals surface area contributed by atoms with Crippen LogP contribution in [0.1, 0.15) is 18.4 Å². The molecule has 0 fully saturated rings. The Morgan fingerprint density at radius 1 is 1.24 bits per heavy atom. The fourth-order valence-corrected chi connectivity index (χ4v) is 3.88. The van der Waals surface area contributed by atoms with Gasteiger partial charge in [-0.15, -0.1) is 11.8 Å². The summed E-state index contributed by atoms with van der Waals surface area (Å²) in [5, 5.41) is 27.7. The van der Waals surface area contributed by atoms with Gasteiger partial charge in [-0.05, 0) is 30.9 Å². The third kappa shape index (κ3) is 4.15. The molecule has 1 atom stereocenters. The molecule has 0 saturated heterocycles. The largest absolute Gasteiger partial charge is 0.353 e. The summed E-state index contributed by atoms with van der Waals surface area (Å²) in [6.07, 6.45) is 1.83. The summed E-state index contributed by atoms with van der Waals surface area (Å²) in [5.41, 5.74) is 2.34. The van der Waals surface area contributed by atoms with Gasteiger partial charge < -0.3 is 10.6 Å². The molecule has 2 N–H and O–H groups in total. The molecule has 2 aromatic rings. The van der Waals surface area contributed by atoms with Gasteiger partial charge in [0.15, 0.2) is 0 Å². The normalized spacial score (nSPS) is 16.1. The van der Waals surface area contributed by atoms with Gasteiger partial charge in [0.05, 0.1) is 27.5 Å². The lowest BCUT2D eigenvalue weighted by Crippen LogP contribution is -2.30. The minimum atomic E-state index is -0.715. The van der Waals surface area contributed by atoms with E-state index < -0.39 is 10.8 Å². The second-order valence-electron chi connectivity index (χ2n) is 6.33. The average Bonchev–Trinajstić information content (AvgIpc) is 2.73. The average molecular weight is 406 g/mol. The van der Waals surface area contributed by atoms with Crippen molar-refractivity contribution >= 4 is 29.0 Å². The van der Waals surface area contributed by atoms with Crippen molar-refractivity contribution in [2.24, 2.45) is 0 Å². The summed E-state index contributed by atoms with van der Waals surface area (Å²) in [6.45, 7) is 1.76. The number of anilines is 1. The molecular weight excluding hydrogens is 388 g/mol. The molecule has 1 aliphatic rings. The highest BCUT2D eigenvalue weighted by Crippen LogP contribution is 2.41. The summed E-state index contributed by atoms with van der Waals surface area (Å²) in [5.74, 6) is -1.09. The van der Waals surface area contributed by atoms with E-state index in [1.54, 1.807) is 43.3 Å². The summed E-state index contributed by atoms with van der Waals surface area (Å²) in [7, 11) is 0. The number of nitrogens with zero attached hydrogens (tertiary/aromatic N) is 2. The fraction of sp³-hybridized carbons (Fsp3) is 0.143. The molecule has 0 bridgehead atoms. The smallest absolute Gasteiger partial charge is 0.269 e. The van der Waals surface area contributed by atoms with Gasteiger partial charge in [0, 0.05) is 29.1 Å². The highest BCUT2D eigenvalue weighted by atomic mass is 32.2. The second kappa shape index (κ2) is 8.63. The lowest BCUT2D eigenvalue weighted by molar-refractivity contribution is -0.384. The van der Waals surface area contributed by atoms with Crippen LogP contribution in [-0.2, 0) is 4.79 Å². The number of nitro benzene ring substituents is 1. The van der Waals surface area contributed by atoms with Crippen molar-refractivity contribution < 1.29 is 9.72 Å². The van der Waals surface area contributed by atoms with E-state index in [0.717, 1.165) is 0 Å². The van der Waals surface area contributed by atoms with E-state index in [0.29, 0.717) is 33.1 Å². The maximum atomic E-state index is 13.2. The number of benzene rings is 2. The van der Waals surface area contributed by atoms with Gasteiger partial charge >= 0.3 is 0 Å². The third-order valence-corrected chi connectivity index (χ3v) is 5.27. The van der Waals surface area contributed by atoms with E-state index in [1.165, 1.54) is 23.9 Å². The van der Waals surface area contributed by atoms with Crippen LogP contribution >= 0.6 is 11.8 Å². The molecule has 2 aromatic carbocycles. The van der Waals surface area contributed by atoms with E-state index in [2.05, 4.69) is 16.7 Å². The maximum Gasteiger partial charge on any atom is 0.269 e. The van der Waals surface area contributed by atoms with Crippen molar-refractivity contribution in [1.82, 2.24) is 5.32 Å². The first kappa shape index (κ1) is 20.2. The number of non-ortho nitro benzene ring substituents is 1. The Hall–Kier alpha value is -3.57. The van der Waals surface area contributed by atoms with E-state index in [4.69, 9.17) is 0 Å². The Morgan fingerprint density at radius 3 is 2.59 bits per heavy atom. The number of hydrogen-bond acceptors (Lipinski definition) is 6. The summed E-state index contributed by atoms with van der Waals surface area (Å²) < 4.78 is 0. The van der Waals surface area contributed by atoms with Gasteiger partial charge in [0.2, 0.25) is 0 Å². The van der Waals surface area contributed by atoms with Gasteiger partial charge in [-0.2, -0.15) is 5.26 Å². The topological polar surface area (TPSA) is 108 Å². The lowest BCUT2D eigenvalue weighted by atomic mass is 9.82. The summed E-state index contributed by atoms with van der Waals surface area (Å²) in [6, 6.07) is 17.2. The molecule has 0 unspecified atom stereocenters. The van der Waals surface area contributed by atoms with Crippen molar-refractivity contribution in [2.75, 3.05) is 11.6 Å². The molecule has 29 heavy (non-hydrogen) atoms. The zero-order valence-electron chi connectivity index (χ0n) is 15.8. The van der Waals surface area contributed by atoms with Crippen LogP contribution in [0.2, 0.25) is 0 Å². The minimum Gasteiger partial charge on any atom is -0.353 e. The van der Waals surface area contributed by atoms with Crippen molar-refractivity contribution in [3.8, 4) is 6.07 Å². The van der Waals surface area contributed by atoms with Crippen molar-refractivity contribution in [3.63, 3.8) is 0 Å². The minimum absolute atomic E-state index is 0.0931. The zero-order chi connectivity index (χ0) is 21.0. The molecule has 1 aliphatic heterocycles. The number of rotatable bonds is 5. The maximum absolute atomic E-state index is 13.2. The van der Waals surface area contributed by atoms with Gasteiger partial charge in [-0.3, -0.25) is 14.9 Å². The summed E-state index contributed by atoms with van der Waals surface area (Å²) in [4.78, 5) is 23.9. The standard InChI is InChI=1S/C21H18N4O3S/c1-13-18(20(26)24-15-8-4-3-5-9-15)19(17(12-22)21(23-13)29-2)14-7-6-10-16(11-14)25(27)28/h3-11,19,23H,1-2H3,(H,24,26)/t19-/m0/s1. The molecule has 0 aromatic heterocycles. The van der Waals surface area contributed by atoms with E-state index in [9.17, 15) is 20.2 Å². The number of thioether (sulfide) groups is 1. The van der Waals surface area contributed by atoms with Gasteiger partial charge in [0.1, 0.15) is 0 Å². The van der Waals surface area contributed by atoms with Crippen molar-refractivity contribution in [1.29, 1.82) is 5.26 Å². The van der Waals surface area contributed by atoms with E-state index >= 15 is 0 Å². The number of allylic oxidation sites excluding steroid dienone is 2. The molecule has 146 valence electrons. The first-order valence-electron chi connectivity index (χ1n) is 8.73. The van der Waals surface area contributed by atoms with Crippen molar-refractivity contribution in [2.45, 2.75) is 12.8 Å². The molecular formula is C21H18N4O3S. The van der Waals surface area contributed by atoms with Crippen LogP contribution in [0.15, 0.2) is 76.5 Å². The van der Waals surface area contributed by atoms with Gasteiger partial charge in [-0.25, -0.2) is 0 Å². The van der Waals surface area contributed by atoms with Crippen LogP contribution in [0, 0.1) is 21.4 Å². The molecule has 0 spiro atoms. The highest BCUT2D eigenvalue weighted by Gasteiger charge is 2.35. The number of carbonyl (C=O) groups is 1. The molecule has 8 heteroatoms. The van der Waals surface area contributed by atoms with E-state index in [1.807, 2.05) is 12.3 Å². The molecule has 0 aliphatic carbocycles.